The van der Waals surface area contributed by atoms with Gasteiger partial charge >= 0.3 is 6.03 Å². The van der Waals surface area contributed by atoms with Crippen LogP contribution < -0.4 is 5.32 Å². The van der Waals surface area contributed by atoms with E-state index < -0.39 is 0 Å². The van der Waals surface area contributed by atoms with Crippen LogP contribution in [-0.2, 0) is 16.1 Å². The van der Waals surface area contributed by atoms with E-state index >= 15 is 0 Å². The van der Waals surface area contributed by atoms with Crippen molar-refractivity contribution in [2.24, 2.45) is 11.3 Å². The number of piperidine rings is 1. The maximum absolute atomic E-state index is 13.3. The van der Waals surface area contributed by atoms with Gasteiger partial charge < -0.3 is 19.9 Å². The van der Waals surface area contributed by atoms with E-state index in [4.69, 9.17) is 4.74 Å². The molecule has 0 saturated carbocycles. The standard InChI is InChI=1S/C22H30FN3O3/c23-18-6-4-17(5-7-18)14-24-21(28)26-15-19(20(27)25-10-2-1-3-11-25)22(16-26)8-12-29-13-9-22/h4-7,19H,1-3,8-16H2,(H,24,28)/t19-/m0/s1. The summed E-state index contributed by atoms with van der Waals surface area (Å²) in [7, 11) is 0. The molecule has 3 amide bonds. The van der Waals surface area contributed by atoms with E-state index in [1.54, 1.807) is 17.0 Å². The fraction of sp³-hybridized carbons (Fsp3) is 0.636. The first-order chi connectivity index (χ1) is 14.1. The Balaban J connectivity index is 1.43. The largest absolute Gasteiger partial charge is 0.381 e. The van der Waals surface area contributed by atoms with E-state index in [1.165, 1.54) is 18.6 Å². The van der Waals surface area contributed by atoms with E-state index in [1.807, 2.05) is 4.90 Å². The molecule has 1 atom stereocenters. The Morgan fingerprint density at radius 2 is 1.76 bits per heavy atom. The third kappa shape index (κ3) is 4.39. The van der Waals surface area contributed by atoms with Crippen molar-refractivity contribution in [1.29, 1.82) is 0 Å². The minimum Gasteiger partial charge on any atom is -0.381 e. The molecular weight excluding hydrogens is 373 g/mol. The van der Waals surface area contributed by atoms with Crippen molar-refractivity contribution < 1.29 is 18.7 Å². The smallest absolute Gasteiger partial charge is 0.317 e. The summed E-state index contributed by atoms with van der Waals surface area (Å²) >= 11 is 0. The van der Waals surface area contributed by atoms with Crippen LogP contribution >= 0.6 is 0 Å². The van der Waals surface area contributed by atoms with Crippen LogP contribution in [-0.4, -0.2) is 61.1 Å². The van der Waals surface area contributed by atoms with Crippen LogP contribution in [0.3, 0.4) is 0 Å². The van der Waals surface area contributed by atoms with Crippen molar-refractivity contribution in [3.63, 3.8) is 0 Å². The molecular formula is C22H30FN3O3. The lowest BCUT2D eigenvalue weighted by Crippen LogP contribution is -2.47. The van der Waals surface area contributed by atoms with Gasteiger partial charge in [-0.1, -0.05) is 12.1 Å². The Hall–Kier alpha value is -2.15. The first-order valence-corrected chi connectivity index (χ1v) is 10.7. The lowest BCUT2D eigenvalue weighted by Gasteiger charge is -2.39. The number of benzene rings is 1. The van der Waals surface area contributed by atoms with Crippen molar-refractivity contribution in [2.45, 2.75) is 38.6 Å². The summed E-state index contributed by atoms with van der Waals surface area (Å²) in [5, 5.41) is 2.93. The lowest BCUT2D eigenvalue weighted by molar-refractivity contribution is -0.141. The highest BCUT2D eigenvalue weighted by atomic mass is 19.1. The van der Waals surface area contributed by atoms with Crippen molar-refractivity contribution >= 4 is 11.9 Å². The highest BCUT2D eigenvalue weighted by molar-refractivity contribution is 5.83. The molecule has 1 spiro atoms. The summed E-state index contributed by atoms with van der Waals surface area (Å²) in [5.74, 6) is -0.235. The summed E-state index contributed by atoms with van der Waals surface area (Å²) in [6, 6.07) is 5.96. The van der Waals surface area contributed by atoms with Gasteiger partial charge in [-0.05, 0) is 49.8 Å². The Morgan fingerprint density at radius 3 is 2.45 bits per heavy atom. The van der Waals surface area contributed by atoms with Crippen LogP contribution in [0.1, 0.15) is 37.7 Å². The van der Waals surface area contributed by atoms with Crippen LogP contribution in [0.2, 0.25) is 0 Å². The molecule has 29 heavy (non-hydrogen) atoms. The number of urea groups is 1. The number of likely N-dealkylation sites (tertiary alicyclic amines) is 2. The van der Waals surface area contributed by atoms with Gasteiger partial charge in [0, 0.05) is 51.4 Å². The molecule has 7 heteroatoms. The van der Waals surface area contributed by atoms with Crippen LogP contribution in [0.5, 0.6) is 0 Å². The van der Waals surface area contributed by atoms with Gasteiger partial charge in [0.2, 0.25) is 5.91 Å². The third-order valence-corrected chi connectivity index (χ3v) is 6.75. The summed E-state index contributed by atoms with van der Waals surface area (Å²) in [6.45, 7) is 4.36. The highest BCUT2D eigenvalue weighted by Crippen LogP contribution is 2.45. The van der Waals surface area contributed by atoms with Crippen molar-refractivity contribution in [3.05, 3.63) is 35.6 Å². The molecule has 0 unspecified atom stereocenters. The fourth-order valence-electron chi connectivity index (χ4n) is 4.97. The predicted molar refractivity (Wildman–Crippen MR) is 107 cm³/mol. The molecule has 1 aromatic rings. The zero-order valence-corrected chi connectivity index (χ0v) is 16.9. The van der Waals surface area contributed by atoms with E-state index in [2.05, 4.69) is 5.32 Å². The van der Waals surface area contributed by atoms with Gasteiger partial charge in [0.1, 0.15) is 5.82 Å². The van der Waals surface area contributed by atoms with E-state index in [0.717, 1.165) is 44.3 Å². The quantitative estimate of drug-likeness (QED) is 0.844. The second-order valence-electron chi connectivity index (χ2n) is 8.58. The van der Waals surface area contributed by atoms with Crippen molar-refractivity contribution in [3.8, 4) is 0 Å². The van der Waals surface area contributed by atoms with Crippen molar-refractivity contribution in [1.82, 2.24) is 15.1 Å². The summed E-state index contributed by atoms with van der Waals surface area (Å²) in [5.41, 5.74) is 0.667. The van der Waals surface area contributed by atoms with Crippen LogP contribution in [0.25, 0.3) is 0 Å². The Bertz CT molecular complexity index is 727. The molecule has 3 aliphatic rings. The Labute approximate surface area is 171 Å². The number of nitrogens with zero attached hydrogens (tertiary/aromatic N) is 2. The average Bonchev–Trinajstić information content (AvgIpc) is 3.12. The number of hydrogen-bond donors (Lipinski definition) is 1. The zero-order valence-electron chi connectivity index (χ0n) is 16.9. The van der Waals surface area contributed by atoms with E-state index in [-0.39, 0.29) is 29.1 Å². The molecule has 0 aliphatic carbocycles. The van der Waals surface area contributed by atoms with Crippen LogP contribution in [0, 0.1) is 17.2 Å². The Morgan fingerprint density at radius 1 is 1.07 bits per heavy atom. The molecule has 0 bridgehead atoms. The van der Waals surface area contributed by atoms with Gasteiger partial charge in [-0.15, -0.1) is 0 Å². The molecule has 158 valence electrons. The third-order valence-electron chi connectivity index (χ3n) is 6.75. The molecule has 1 N–H and O–H groups in total. The van der Waals surface area contributed by atoms with Crippen LogP contribution in [0.4, 0.5) is 9.18 Å². The molecule has 1 aromatic carbocycles. The predicted octanol–water partition coefficient (Wildman–Crippen LogP) is 2.78. The molecule has 6 nitrogen and oxygen atoms in total. The molecule has 3 saturated heterocycles. The second-order valence-corrected chi connectivity index (χ2v) is 8.58. The monoisotopic (exact) mass is 403 g/mol. The maximum atomic E-state index is 13.3. The van der Waals surface area contributed by atoms with Gasteiger partial charge in [0.25, 0.3) is 0 Å². The molecule has 4 rings (SSSR count). The maximum Gasteiger partial charge on any atom is 0.317 e. The van der Waals surface area contributed by atoms with Crippen molar-refractivity contribution in [2.75, 3.05) is 39.4 Å². The summed E-state index contributed by atoms with van der Waals surface area (Å²) < 4.78 is 18.6. The van der Waals surface area contributed by atoms with E-state index in [0.29, 0.717) is 32.8 Å². The molecule has 3 fully saturated rings. The topological polar surface area (TPSA) is 61.9 Å². The van der Waals surface area contributed by atoms with Gasteiger partial charge in [-0.2, -0.15) is 0 Å². The Kier molecular flexibility index (Phi) is 6.04. The molecule has 0 aromatic heterocycles. The second kappa shape index (κ2) is 8.69. The number of carbonyl (C=O) groups is 2. The number of rotatable bonds is 3. The number of ether oxygens (including phenoxy) is 1. The normalized spacial score (nSPS) is 24.0. The van der Waals surface area contributed by atoms with Crippen LogP contribution in [0.15, 0.2) is 24.3 Å². The number of amides is 3. The van der Waals surface area contributed by atoms with E-state index in [9.17, 15) is 14.0 Å². The first kappa shape index (κ1) is 20.1. The summed E-state index contributed by atoms with van der Waals surface area (Å²) in [4.78, 5) is 30.0. The average molecular weight is 403 g/mol. The first-order valence-electron chi connectivity index (χ1n) is 10.7. The van der Waals surface area contributed by atoms with Gasteiger partial charge in [-0.25, -0.2) is 9.18 Å². The van der Waals surface area contributed by atoms with Gasteiger partial charge in [-0.3, -0.25) is 4.79 Å². The lowest BCUT2D eigenvalue weighted by atomic mass is 9.71. The number of carbonyl (C=O) groups excluding carboxylic acids is 2. The zero-order chi connectivity index (χ0) is 20.3. The van der Waals surface area contributed by atoms with Gasteiger partial charge in [0.05, 0.1) is 5.92 Å². The minimum absolute atomic E-state index is 0.152. The minimum atomic E-state index is -0.292. The SMILES string of the molecule is O=C(NCc1ccc(F)cc1)N1C[C@@H](C(=O)N2CCCCC2)C2(CCOCC2)C1. The number of nitrogens with one attached hydrogen (secondary N) is 1. The summed E-state index contributed by atoms with van der Waals surface area (Å²) in [6.07, 6.45) is 4.95. The molecule has 3 heterocycles. The molecule has 3 aliphatic heterocycles. The van der Waals surface area contributed by atoms with Gasteiger partial charge in [0.15, 0.2) is 0 Å². The molecule has 0 radical (unpaired) electrons. The number of hydrogen-bond acceptors (Lipinski definition) is 3. The highest BCUT2D eigenvalue weighted by Gasteiger charge is 2.52. The number of halogens is 1. The fourth-order valence-corrected chi connectivity index (χ4v) is 4.97.